The number of methoxy groups -OCH3 is 1. The molecule has 0 atom stereocenters. The van der Waals surface area contributed by atoms with Crippen molar-refractivity contribution in [3.8, 4) is 23.1 Å². The van der Waals surface area contributed by atoms with E-state index in [9.17, 15) is 9.50 Å². The summed E-state index contributed by atoms with van der Waals surface area (Å²) in [5, 5.41) is 9.90. The number of para-hydroxylation sites is 1. The topological polar surface area (TPSA) is 71.0 Å². The molecule has 8 heteroatoms. The van der Waals surface area contributed by atoms with Gasteiger partial charge in [0.2, 0.25) is 11.8 Å². The van der Waals surface area contributed by atoms with Gasteiger partial charge in [-0.05, 0) is 49.1 Å². The van der Waals surface area contributed by atoms with Gasteiger partial charge in [-0.15, -0.1) is 0 Å². The molecule has 7 nitrogen and oxygen atoms in total. The SMILES string of the molecule is COc1cc(CN2CCc3nc(N4CCCCC4)nc(Oc4ccccc4F)c3C2)ccc1O. The Kier molecular flexibility index (Phi) is 6.49. The zero-order chi connectivity index (χ0) is 23.5. The lowest BCUT2D eigenvalue weighted by Crippen LogP contribution is -2.34. The molecule has 0 aliphatic carbocycles. The van der Waals surface area contributed by atoms with Crippen molar-refractivity contribution in [3.63, 3.8) is 0 Å². The Hall–Kier alpha value is -3.39. The van der Waals surface area contributed by atoms with Crippen molar-refractivity contribution >= 4 is 5.95 Å². The van der Waals surface area contributed by atoms with Gasteiger partial charge in [0.15, 0.2) is 23.1 Å². The van der Waals surface area contributed by atoms with Gasteiger partial charge >= 0.3 is 0 Å². The first-order valence-corrected chi connectivity index (χ1v) is 11.8. The third kappa shape index (κ3) is 4.77. The van der Waals surface area contributed by atoms with E-state index in [1.165, 1.54) is 12.5 Å². The van der Waals surface area contributed by atoms with Crippen LogP contribution in [0.4, 0.5) is 10.3 Å². The van der Waals surface area contributed by atoms with E-state index in [-0.39, 0.29) is 11.5 Å². The van der Waals surface area contributed by atoms with Gasteiger partial charge in [-0.3, -0.25) is 4.90 Å². The molecule has 0 spiro atoms. The number of hydrogen-bond acceptors (Lipinski definition) is 7. The Labute approximate surface area is 198 Å². The van der Waals surface area contributed by atoms with Gasteiger partial charge in [0.05, 0.1) is 18.4 Å². The molecule has 178 valence electrons. The van der Waals surface area contributed by atoms with E-state index in [0.29, 0.717) is 30.7 Å². The second-order valence-corrected chi connectivity index (χ2v) is 8.80. The quantitative estimate of drug-likeness (QED) is 0.568. The van der Waals surface area contributed by atoms with Crippen LogP contribution < -0.4 is 14.4 Å². The molecule has 0 amide bonds. The second-order valence-electron chi connectivity index (χ2n) is 8.80. The van der Waals surface area contributed by atoms with Crippen molar-refractivity contribution in [2.45, 2.75) is 38.8 Å². The van der Waals surface area contributed by atoms with E-state index in [1.807, 2.05) is 12.1 Å². The molecule has 1 fully saturated rings. The summed E-state index contributed by atoms with van der Waals surface area (Å²) in [7, 11) is 1.54. The average molecular weight is 465 g/mol. The van der Waals surface area contributed by atoms with Crippen molar-refractivity contribution in [1.29, 1.82) is 0 Å². The summed E-state index contributed by atoms with van der Waals surface area (Å²) >= 11 is 0. The summed E-state index contributed by atoms with van der Waals surface area (Å²) < 4.78 is 25.7. The number of rotatable bonds is 6. The van der Waals surface area contributed by atoms with Crippen LogP contribution in [-0.2, 0) is 19.5 Å². The number of nitrogens with zero attached hydrogens (tertiary/aromatic N) is 4. The highest BCUT2D eigenvalue weighted by atomic mass is 19.1. The highest BCUT2D eigenvalue weighted by Gasteiger charge is 2.26. The summed E-state index contributed by atoms with van der Waals surface area (Å²) in [6.07, 6.45) is 4.21. The maximum atomic E-state index is 14.4. The van der Waals surface area contributed by atoms with Crippen molar-refractivity contribution in [2.24, 2.45) is 0 Å². The fraction of sp³-hybridized carbons (Fsp3) is 0.385. The van der Waals surface area contributed by atoms with E-state index in [0.717, 1.165) is 55.7 Å². The number of anilines is 1. The number of halogens is 1. The van der Waals surface area contributed by atoms with Crippen LogP contribution in [0.3, 0.4) is 0 Å². The first kappa shape index (κ1) is 22.4. The highest BCUT2D eigenvalue weighted by Crippen LogP contribution is 2.34. The minimum Gasteiger partial charge on any atom is -0.504 e. The Morgan fingerprint density at radius 3 is 2.62 bits per heavy atom. The van der Waals surface area contributed by atoms with Gasteiger partial charge < -0.3 is 19.5 Å². The van der Waals surface area contributed by atoms with Gasteiger partial charge in [-0.1, -0.05) is 18.2 Å². The Bertz CT molecular complexity index is 1170. The van der Waals surface area contributed by atoms with E-state index in [1.54, 1.807) is 31.4 Å². The number of aromatic nitrogens is 2. The first-order chi connectivity index (χ1) is 16.6. The minimum absolute atomic E-state index is 0.120. The van der Waals surface area contributed by atoms with Crippen molar-refractivity contribution < 1.29 is 19.0 Å². The summed E-state index contributed by atoms with van der Waals surface area (Å²) in [6, 6.07) is 11.8. The average Bonchev–Trinajstić information content (AvgIpc) is 2.87. The van der Waals surface area contributed by atoms with Crippen LogP contribution in [0.5, 0.6) is 23.1 Å². The molecule has 1 aromatic heterocycles. The van der Waals surface area contributed by atoms with Gasteiger partial charge in [0.1, 0.15) is 0 Å². The molecular weight excluding hydrogens is 435 g/mol. The molecule has 3 heterocycles. The van der Waals surface area contributed by atoms with Crippen LogP contribution in [-0.4, -0.2) is 46.7 Å². The molecule has 0 radical (unpaired) electrons. The molecule has 2 aromatic carbocycles. The Balaban J connectivity index is 1.45. The number of benzene rings is 2. The molecule has 1 N–H and O–H groups in total. The second kappa shape index (κ2) is 9.85. The van der Waals surface area contributed by atoms with Crippen molar-refractivity contribution in [2.75, 3.05) is 31.6 Å². The highest BCUT2D eigenvalue weighted by molar-refractivity contribution is 5.45. The Morgan fingerprint density at radius 1 is 1.00 bits per heavy atom. The summed E-state index contributed by atoms with van der Waals surface area (Å²) in [5.41, 5.74) is 2.88. The number of phenolic OH excluding ortho intramolecular Hbond substituents is 1. The van der Waals surface area contributed by atoms with Gasteiger partial charge in [0.25, 0.3) is 0 Å². The molecule has 2 aliphatic rings. The maximum Gasteiger partial charge on any atom is 0.229 e. The molecule has 0 unspecified atom stereocenters. The molecule has 34 heavy (non-hydrogen) atoms. The lowest BCUT2D eigenvalue weighted by molar-refractivity contribution is 0.237. The number of piperidine rings is 1. The maximum absolute atomic E-state index is 14.4. The fourth-order valence-corrected chi connectivity index (χ4v) is 4.59. The van der Waals surface area contributed by atoms with Gasteiger partial charge in [-0.2, -0.15) is 4.98 Å². The van der Waals surface area contributed by atoms with E-state index >= 15 is 0 Å². The lowest BCUT2D eigenvalue weighted by Gasteiger charge is -2.32. The van der Waals surface area contributed by atoms with E-state index < -0.39 is 5.82 Å². The molecule has 0 bridgehead atoms. The van der Waals surface area contributed by atoms with Crippen LogP contribution in [0.15, 0.2) is 42.5 Å². The fourth-order valence-electron chi connectivity index (χ4n) is 4.59. The largest absolute Gasteiger partial charge is 0.504 e. The zero-order valence-corrected chi connectivity index (χ0v) is 19.3. The number of aromatic hydroxyl groups is 1. The predicted octanol–water partition coefficient (Wildman–Crippen LogP) is 4.67. The summed E-state index contributed by atoms with van der Waals surface area (Å²) in [4.78, 5) is 14.1. The first-order valence-electron chi connectivity index (χ1n) is 11.8. The van der Waals surface area contributed by atoms with Crippen LogP contribution in [0, 0.1) is 5.82 Å². The standard InChI is InChI=1S/C26H29FN4O3/c1-33-24-15-18(9-10-22(24)32)16-30-14-11-21-19(17-30)25(34-23-8-4-3-7-20(23)27)29-26(28-21)31-12-5-2-6-13-31/h3-4,7-10,15,32H,2,5-6,11-14,16-17H2,1H3. The molecule has 1 saturated heterocycles. The number of hydrogen-bond donors (Lipinski definition) is 1. The van der Waals surface area contributed by atoms with Crippen LogP contribution >= 0.6 is 0 Å². The van der Waals surface area contributed by atoms with E-state index in [2.05, 4.69) is 9.80 Å². The number of fused-ring (bicyclic) bond motifs is 1. The zero-order valence-electron chi connectivity index (χ0n) is 19.3. The summed E-state index contributed by atoms with van der Waals surface area (Å²) in [6.45, 7) is 3.93. The molecule has 5 rings (SSSR count). The third-order valence-electron chi connectivity index (χ3n) is 6.42. The van der Waals surface area contributed by atoms with Crippen LogP contribution in [0.1, 0.15) is 36.1 Å². The minimum atomic E-state index is -0.418. The predicted molar refractivity (Wildman–Crippen MR) is 127 cm³/mol. The number of ether oxygens (including phenoxy) is 2. The Morgan fingerprint density at radius 2 is 1.82 bits per heavy atom. The van der Waals surface area contributed by atoms with Crippen LogP contribution in [0.2, 0.25) is 0 Å². The molecule has 2 aliphatic heterocycles. The molecule has 0 saturated carbocycles. The van der Waals surface area contributed by atoms with Crippen molar-refractivity contribution in [1.82, 2.24) is 14.9 Å². The number of phenols is 1. The third-order valence-corrected chi connectivity index (χ3v) is 6.42. The monoisotopic (exact) mass is 464 g/mol. The normalized spacial score (nSPS) is 16.2. The van der Waals surface area contributed by atoms with E-state index in [4.69, 9.17) is 19.4 Å². The van der Waals surface area contributed by atoms with Crippen LogP contribution in [0.25, 0.3) is 0 Å². The molecular formula is C26H29FN4O3. The summed E-state index contributed by atoms with van der Waals surface area (Å²) in [5.74, 6) is 1.40. The molecule has 3 aromatic rings. The van der Waals surface area contributed by atoms with Gasteiger partial charge in [0, 0.05) is 39.1 Å². The lowest BCUT2D eigenvalue weighted by atomic mass is 10.1. The smallest absolute Gasteiger partial charge is 0.229 e. The van der Waals surface area contributed by atoms with Crippen molar-refractivity contribution in [3.05, 3.63) is 65.1 Å². The van der Waals surface area contributed by atoms with Gasteiger partial charge in [-0.25, -0.2) is 9.37 Å².